The average Bonchev–Trinajstić information content (AvgIpc) is 3.29. The van der Waals surface area contributed by atoms with Crippen LogP contribution in [0.2, 0.25) is 0 Å². The maximum Gasteiger partial charge on any atom is 0.273 e. The van der Waals surface area contributed by atoms with Crippen LogP contribution in [0.1, 0.15) is 21.7 Å². The molecule has 0 aliphatic carbocycles. The van der Waals surface area contributed by atoms with Crippen molar-refractivity contribution < 1.29 is 23.9 Å². The van der Waals surface area contributed by atoms with Crippen LogP contribution in [-0.2, 0) is 0 Å². The molecule has 1 aliphatic rings. The van der Waals surface area contributed by atoms with E-state index in [0.717, 1.165) is 17.1 Å². The number of nitro groups is 1. The van der Waals surface area contributed by atoms with Gasteiger partial charge in [-0.2, -0.15) is 0 Å². The van der Waals surface area contributed by atoms with Crippen LogP contribution < -0.4 is 14.2 Å². The van der Waals surface area contributed by atoms with Crippen molar-refractivity contribution in [2.45, 2.75) is 13.8 Å². The van der Waals surface area contributed by atoms with E-state index in [9.17, 15) is 14.9 Å². The third-order valence-electron chi connectivity index (χ3n) is 4.74. The molecule has 0 amide bonds. The molecule has 0 radical (unpaired) electrons. The third-order valence-corrected chi connectivity index (χ3v) is 4.74. The number of non-ortho nitro benzene ring substituents is 1. The Morgan fingerprint density at radius 2 is 1.93 bits per heavy atom. The van der Waals surface area contributed by atoms with Gasteiger partial charge >= 0.3 is 0 Å². The highest BCUT2D eigenvalue weighted by atomic mass is 16.7. The fourth-order valence-corrected chi connectivity index (χ4v) is 3.38. The second-order valence-electron chi connectivity index (χ2n) is 6.62. The molecule has 2 aromatic carbocycles. The summed E-state index contributed by atoms with van der Waals surface area (Å²) >= 11 is 0. The largest absolute Gasteiger partial charge is 0.485 e. The predicted octanol–water partition coefficient (Wildman–Crippen LogP) is 3.99. The number of ketones is 1. The van der Waals surface area contributed by atoms with Crippen molar-refractivity contribution >= 4 is 11.5 Å². The second kappa shape index (κ2) is 7.31. The van der Waals surface area contributed by atoms with E-state index in [2.05, 4.69) is 0 Å². The van der Waals surface area contributed by atoms with Crippen molar-refractivity contribution in [3.8, 4) is 22.9 Å². The van der Waals surface area contributed by atoms with Gasteiger partial charge in [-0.25, -0.2) is 0 Å². The molecule has 148 valence electrons. The summed E-state index contributed by atoms with van der Waals surface area (Å²) in [7, 11) is 0. The third kappa shape index (κ3) is 3.52. The van der Waals surface area contributed by atoms with Crippen LogP contribution in [0.3, 0.4) is 0 Å². The predicted molar refractivity (Wildman–Crippen MR) is 104 cm³/mol. The molecular formula is C21H18N2O6. The molecule has 0 spiro atoms. The summed E-state index contributed by atoms with van der Waals surface area (Å²) in [4.78, 5) is 23.1. The molecule has 4 rings (SSSR count). The molecule has 0 atom stereocenters. The summed E-state index contributed by atoms with van der Waals surface area (Å²) in [5.41, 5.74) is 2.97. The Labute approximate surface area is 166 Å². The summed E-state index contributed by atoms with van der Waals surface area (Å²) in [6.45, 7) is 3.75. The highest BCUT2D eigenvalue weighted by molar-refractivity contribution is 5.98. The van der Waals surface area contributed by atoms with Gasteiger partial charge in [0.25, 0.3) is 5.69 Å². The minimum absolute atomic E-state index is 0.0871. The van der Waals surface area contributed by atoms with Gasteiger partial charge in [0.05, 0.1) is 11.0 Å². The van der Waals surface area contributed by atoms with Crippen molar-refractivity contribution in [1.82, 2.24) is 4.57 Å². The van der Waals surface area contributed by atoms with Crippen molar-refractivity contribution in [2.24, 2.45) is 0 Å². The molecule has 1 aromatic heterocycles. The number of carbonyl (C=O) groups is 1. The lowest BCUT2D eigenvalue weighted by molar-refractivity contribution is -0.384. The molecule has 3 aromatic rings. The summed E-state index contributed by atoms with van der Waals surface area (Å²) in [5, 5.41) is 10.9. The van der Waals surface area contributed by atoms with Gasteiger partial charge in [-0.1, -0.05) is 6.07 Å². The molecule has 0 N–H and O–H groups in total. The highest BCUT2D eigenvalue weighted by Gasteiger charge is 2.20. The Balaban J connectivity index is 1.55. The Morgan fingerprint density at radius 3 is 2.72 bits per heavy atom. The SMILES string of the molecule is Cc1cc(C(=O)COc2cccc([N+](=O)[O-])c2)c(C)n1-c1ccc2c(c1)OCO2. The van der Waals surface area contributed by atoms with E-state index in [1.54, 1.807) is 12.1 Å². The number of hydrogen-bond acceptors (Lipinski definition) is 6. The lowest BCUT2D eigenvalue weighted by atomic mass is 10.1. The Bertz CT molecular complexity index is 1120. The number of fused-ring (bicyclic) bond motifs is 1. The minimum Gasteiger partial charge on any atom is -0.485 e. The van der Waals surface area contributed by atoms with Gasteiger partial charge in [-0.15, -0.1) is 0 Å². The number of benzene rings is 2. The maximum absolute atomic E-state index is 12.7. The van der Waals surface area contributed by atoms with Crippen LogP contribution in [0, 0.1) is 24.0 Å². The number of nitro benzene ring substituents is 1. The zero-order valence-electron chi connectivity index (χ0n) is 15.9. The van der Waals surface area contributed by atoms with Gasteiger partial charge in [-0.3, -0.25) is 14.9 Å². The van der Waals surface area contributed by atoms with E-state index in [-0.39, 0.29) is 30.6 Å². The first-order valence-electron chi connectivity index (χ1n) is 8.93. The van der Waals surface area contributed by atoms with E-state index in [1.165, 1.54) is 18.2 Å². The van der Waals surface area contributed by atoms with Crippen LogP contribution in [-0.4, -0.2) is 28.7 Å². The van der Waals surface area contributed by atoms with E-state index in [4.69, 9.17) is 14.2 Å². The number of nitrogens with zero attached hydrogens (tertiary/aromatic N) is 2. The average molecular weight is 394 g/mol. The second-order valence-corrected chi connectivity index (χ2v) is 6.62. The van der Waals surface area contributed by atoms with Crippen molar-refractivity contribution in [1.29, 1.82) is 0 Å². The number of aromatic nitrogens is 1. The molecular weight excluding hydrogens is 376 g/mol. The molecule has 0 bridgehead atoms. The quantitative estimate of drug-likeness (QED) is 0.357. The molecule has 29 heavy (non-hydrogen) atoms. The minimum atomic E-state index is -0.506. The Kier molecular flexibility index (Phi) is 4.67. The van der Waals surface area contributed by atoms with Gasteiger partial charge in [-0.05, 0) is 38.1 Å². The normalized spacial score (nSPS) is 12.1. The number of aryl methyl sites for hydroxylation is 1. The smallest absolute Gasteiger partial charge is 0.273 e. The lowest BCUT2D eigenvalue weighted by Crippen LogP contribution is -2.12. The molecule has 1 aliphatic heterocycles. The van der Waals surface area contributed by atoms with Gasteiger partial charge < -0.3 is 18.8 Å². The molecule has 0 fully saturated rings. The summed E-state index contributed by atoms with van der Waals surface area (Å²) < 4.78 is 18.2. The van der Waals surface area contributed by atoms with E-state index in [1.807, 2.05) is 36.6 Å². The molecule has 0 saturated heterocycles. The van der Waals surface area contributed by atoms with Crippen molar-refractivity contribution in [2.75, 3.05) is 13.4 Å². The lowest BCUT2D eigenvalue weighted by Gasteiger charge is -2.11. The number of carbonyl (C=O) groups excluding carboxylic acids is 1. The van der Waals surface area contributed by atoms with Gasteiger partial charge in [0.2, 0.25) is 12.6 Å². The summed E-state index contributed by atoms with van der Waals surface area (Å²) in [6.07, 6.45) is 0. The Hall–Kier alpha value is -3.81. The first kappa shape index (κ1) is 18.5. The Morgan fingerprint density at radius 1 is 1.14 bits per heavy atom. The van der Waals surface area contributed by atoms with Gasteiger partial charge in [0.15, 0.2) is 18.1 Å². The first-order valence-corrected chi connectivity index (χ1v) is 8.93. The summed E-state index contributed by atoms with van der Waals surface area (Å²) in [6, 6.07) is 13.2. The van der Waals surface area contributed by atoms with E-state index >= 15 is 0 Å². The van der Waals surface area contributed by atoms with Crippen LogP contribution in [0.4, 0.5) is 5.69 Å². The zero-order valence-corrected chi connectivity index (χ0v) is 15.9. The van der Waals surface area contributed by atoms with Crippen LogP contribution in [0.15, 0.2) is 48.5 Å². The van der Waals surface area contributed by atoms with Crippen LogP contribution >= 0.6 is 0 Å². The standard InChI is InChI=1S/C21H18N2O6/c1-13-8-18(19(24)11-27-17-5-3-4-16(9-17)23(25)26)14(2)22(13)15-6-7-20-21(10-15)29-12-28-20/h3-10H,11-12H2,1-2H3. The number of rotatable bonds is 6. The maximum atomic E-state index is 12.7. The van der Waals surface area contributed by atoms with E-state index < -0.39 is 4.92 Å². The van der Waals surface area contributed by atoms with Crippen molar-refractivity contribution in [3.05, 3.63) is 75.6 Å². The summed E-state index contributed by atoms with van der Waals surface area (Å²) in [5.74, 6) is 1.42. The highest BCUT2D eigenvalue weighted by Crippen LogP contribution is 2.35. The van der Waals surface area contributed by atoms with Gasteiger partial charge in [0.1, 0.15) is 5.75 Å². The molecule has 0 unspecified atom stereocenters. The first-order chi connectivity index (χ1) is 13.9. The fraction of sp³-hybridized carbons (Fsp3) is 0.190. The zero-order chi connectivity index (χ0) is 20.5. The molecule has 8 heteroatoms. The van der Waals surface area contributed by atoms with Crippen LogP contribution in [0.5, 0.6) is 17.2 Å². The fourth-order valence-electron chi connectivity index (χ4n) is 3.38. The molecule has 0 saturated carbocycles. The monoisotopic (exact) mass is 394 g/mol. The number of Topliss-reactive ketones (excluding diaryl/α,β-unsaturated/α-hetero) is 1. The van der Waals surface area contributed by atoms with Crippen molar-refractivity contribution in [3.63, 3.8) is 0 Å². The van der Waals surface area contributed by atoms with Crippen LogP contribution in [0.25, 0.3) is 5.69 Å². The number of hydrogen-bond donors (Lipinski definition) is 0. The molecule has 8 nitrogen and oxygen atoms in total. The molecule has 2 heterocycles. The topological polar surface area (TPSA) is 92.8 Å². The van der Waals surface area contributed by atoms with Gasteiger partial charge in [0, 0.05) is 34.8 Å². The van der Waals surface area contributed by atoms with E-state index in [0.29, 0.717) is 17.1 Å². The number of ether oxygens (including phenoxy) is 3.